The summed E-state index contributed by atoms with van der Waals surface area (Å²) in [6.45, 7) is 14.3. The van der Waals surface area contributed by atoms with Crippen LogP contribution in [0.2, 0.25) is 0 Å². The van der Waals surface area contributed by atoms with Crippen molar-refractivity contribution in [3.63, 3.8) is 0 Å². The average Bonchev–Trinajstić information content (AvgIpc) is 2.98. The summed E-state index contributed by atoms with van der Waals surface area (Å²) in [5.74, 6) is 1.72. The number of hydrogen-bond donors (Lipinski definition) is 1. The first-order chi connectivity index (χ1) is 9.21. The van der Waals surface area contributed by atoms with E-state index in [2.05, 4.69) is 71.1 Å². The molecular weight excluding hydrogens is 246 g/mol. The molecule has 2 unspecified atom stereocenters. The van der Waals surface area contributed by atoms with Crippen LogP contribution in [-0.4, -0.2) is 18.2 Å². The van der Waals surface area contributed by atoms with Gasteiger partial charge in [0.2, 0.25) is 0 Å². The van der Waals surface area contributed by atoms with E-state index in [-0.39, 0.29) is 11.6 Å². The van der Waals surface area contributed by atoms with Crippen molar-refractivity contribution >= 4 is 0 Å². The summed E-state index contributed by atoms with van der Waals surface area (Å²) in [5.41, 5.74) is 1.99. The van der Waals surface area contributed by atoms with Crippen molar-refractivity contribution in [3.8, 4) is 5.75 Å². The maximum absolute atomic E-state index is 5.71. The van der Waals surface area contributed by atoms with E-state index in [1.807, 2.05) is 0 Å². The van der Waals surface area contributed by atoms with Crippen molar-refractivity contribution < 1.29 is 4.74 Å². The van der Waals surface area contributed by atoms with E-state index in [1.165, 1.54) is 12.0 Å². The molecule has 1 aromatic rings. The number of hydrogen-bond acceptors (Lipinski definition) is 2. The normalized spacial score (nSPS) is 25.9. The van der Waals surface area contributed by atoms with Crippen molar-refractivity contribution in [2.45, 2.75) is 65.0 Å². The Kier molecular flexibility index (Phi) is 4.15. The summed E-state index contributed by atoms with van der Waals surface area (Å²) >= 11 is 0. The third kappa shape index (κ3) is 3.76. The van der Waals surface area contributed by atoms with Gasteiger partial charge in [0.1, 0.15) is 5.75 Å². The highest BCUT2D eigenvalue weighted by Crippen LogP contribution is 2.53. The van der Waals surface area contributed by atoms with Crippen molar-refractivity contribution in [3.05, 3.63) is 29.8 Å². The molecule has 2 atom stereocenters. The van der Waals surface area contributed by atoms with Crippen molar-refractivity contribution in [2.24, 2.45) is 5.92 Å². The average molecular weight is 275 g/mol. The molecule has 112 valence electrons. The predicted molar refractivity (Wildman–Crippen MR) is 85.4 cm³/mol. The Morgan fingerprint density at radius 1 is 1.25 bits per heavy atom. The fourth-order valence-electron chi connectivity index (χ4n) is 2.72. The summed E-state index contributed by atoms with van der Waals surface area (Å²) in [5, 5.41) is 3.62. The Balaban J connectivity index is 1.95. The van der Waals surface area contributed by atoms with Crippen LogP contribution in [0.3, 0.4) is 0 Å². The highest BCUT2D eigenvalue weighted by Gasteiger charge is 2.50. The molecule has 1 saturated carbocycles. The summed E-state index contributed by atoms with van der Waals surface area (Å²) in [7, 11) is 0. The molecular formula is C18H29NO. The minimum atomic E-state index is 0.207. The summed E-state index contributed by atoms with van der Waals surface area (Å²) < 4.78 is 5.71. The molecule has 0 bridgehead atoms. The van der Waals surface area contributed by atoms with E-state index >= 15 is 0 Å². The fraction of sp³-hybridized carbons (Fsp3) is 0.667. The molecule has 20 heavy (non-hydrogen) atoms. The van der Waals surface area contributed by atoms with Gasteiger partial charge in [-0.2, -0.15) is 0 Å². The van der Waals surface area contributed by atoms with Gasteiger partial charge >= 0.3 is 0 Å². The minimum Gasteiger partial charge on any atom is -0.491 e. The van der Waals surface area contributed by atoms with E-state index in [0.717, 1.165) is 18.2 Å². The molecule has 1 aromatic carbocycles. The largest absolute Gasteiger partial charge is 0.491 e. The van der Waals surface area contributed by atoms with Gasteiger partial charge in [0.15, 0.2) is 0 Å². The molecule has 0 aromatic heterocycles. The Morgan fingerprint density at radius 3 is 2.35 bits per heavy atom. The molecule has 0 saturated heterocycles. The zero-order valence-corrected chi connectivity index (χ0v) is 13.8. The van der Waals surface area contributed by atoms with Crippen LogP contribution in [0, 0.1) is 5.92 Å². The zero-order valence-electron chi connectivity index (χ0n) is 13.8. The summed E-state index contributed by atoms with van der Waals surface area (Å²) in [6.07, 6.45) is 1.52. The number of benzene rings is 1. The lowest BCUT2D eigenvalue weighted by Gasteiger charge is -2.22. The van der Waals surface area contributed by atoms with E-state index in [9.17, 15) is 0 Å². The van der Waals surface area contributed by atoms with Gasteiger partial charge in [-0.05, 0) is 76.6 Å². The van der Waals surface area contributed by atoms with E-state index in [0.29, 0.717) is 5.41 Å². The standard InChI is InChI=1S/C18H29NO/c1-13(2)20-16-9-7-14(8-10-16)18(6)11-15(18)12-19-17(3,4)5/h7-10,13,15,19H,11-12H2,1-6H3. The van der Waals surface area contributed by atoms with Crippen LogP contribution in [0.4, 0.5) is 0 Å². The van der Waals surface area contributed by atoms with Gasteiger partial charge < -0.3 is 10.1 Å². The molecule has 0 heterocycles. The molecule has 0 amide bonds. The highest BCUT2D eigenvalue weighted by molar-refractivity contribution is 5.37. The molecule has 1 fully saturated rings. The second kappa shape index (κ2) is 5.40. The molecule has 2 heteroatoms. The lowest BCUT2D eigenvalue weighted by Crippen LogP contribution is -2.37. The van der Waals surface area contributed by atoms with Gasteiger partial charge in [-0.1, -0.05) is 19.1 Å². The fourth-order valence-corrected chi connectivity index (χ4v) is 2.72. The third-order valence-corrected chi connectivity index (χ3v) is 4.18. The van der Waals surface area contributed by atoms with Gasteiger partial charge in [0.05, 0.1) is 6.10 Å². The zero-order chi connectivity index (χ0) is 15.0. The molecule has 0 radical (unpaired) electrons. The molecule has 1 aliphatic carbocycles. The Hall–Kier alpha value is -1.02. The number of rotatable bonds is 5. The maximum atomic E-state index is 5.71. The van der Waals surface area contributed by atoms with Crippen molar-refractivity contribution in [2.75, 3.05) is 6.54 Å². The van der Waals surface area contributed by atoms with Crippen LogP contribution < -0.4 is 10.1 Å². The van der Waals surface area contributed by atoms with Gasteiger partial charge in [-0.15, -0.1) is 0 Å². The Morgan fingerprint density at radius 2 is 1.85 bits per heavy atom. The number of ether oxygens (including phenoxy) is 1. The maximum Gasteiger partial charge on any atom is 0.119 e. The van der Waals surface area contributed by atoms with Crippen LogP contribution in [0.15, 0.2) is 24.3 Å². The molecule has 0 aliphatic heterocycles. The van der Waals surface area contributed by atoms with E-state index < -0.39 is 0 Å². The molecule has 0 spiro atoms. The molecule has 2 rings (SSSR count). The first-order valence-corrected chi connectivity index (χ1v) is 7.73. The Bertz CT molecular complexity index is 443. The van der Waals surface area contributed by atoms with Gasteiger partial charge in [0.25, 0.3) is 0 Å². The smallest absolute Gasteiger partial charge is 0.119 e. The second-order valence-electron chi connectivity index (χ2n) is 7.64. The van der Waals surface area contributed by atoms with E-state index in [4.69, 9.17) is 4.74 Å². The SMILES string of the molecule is CC(C)Oc1ccc(C2(C)CC2CNC(C)(C)C)cc1. The molecule has 1 N–H and O–H groups in total. The van der Waals surface area contributed by atoms with Crippen LogP contribution in [0.5, 0.6) is 5.75 Å². The lowest BCUT2D eigenvalue weighted by atomic mass is 9.95. The second-order valence-corrected chi connectivity index (χ2v) is 7.64. The minimum absolute atomic E-state index is 0.207. The summed E-state index contributed by atoms with van der Waals surface area (Å²) in [6, 6.07) is 8.67. The van der Waals surface area contributed by atoms with E-state index in [1.54, 1.807) is 0 Å². The first kappa shape index (κ1) is 15.4. The van der Waals surface area contributed by atoms with Gasteiger partial charge in [0, 0.05) is 5.54 Å². The van der Waals surface area contributed by atoms with Gasteiger partial charge in [-0.25, -0.2) is 0 Å². The number of nitrogens with one attached hydrogen (secondary N) is 1. The summed E-state index contributed by atoms with van der Waals surface area (Å²) in [4.78, 5) is 0. The van der Waals surface area contributed by atoms with Crippen molar-refractivity contribution in [1.82, 2.24) is 5.32 Å². The van der Waals surface area contributed by atoms with Crippen LogP contribution >= 0.6 is 0 Å². The third-order valence-electron chi connectivity index (χ3n) is 4.18. The molecule has 1 aliphatic rings. The monoisotopic (exact) mass is 275 g/mol. The van der Waals surface area contributed by atoms with Gasteiger partial charge in [-0.3, -0.25) is 0 Å². The highest BCUT2D eigenvalue weighted by atomic mass is 16.5. The van der Waals surface area contributed by atoms with Crippen LogP contribution in [0.1, 0.15) is 53.5 Å². The molecule has 2 nitrogen and oxygen atoms in total. The van der Waals surface area contributed by atoms with Crippen LogP contribution in [-0.2, 0) is 5.41 Å². The predicted octanol–water partition coefficient (Wildman–Crippen LogP) is 4.14. The lowest BCUT2D eigenvalue weighted by molar-refractivity contribution is 0.242. The topological polar surface area (TPSA) is 21.3 Å². The first-order valence-electron chi connectivity index (χ1n) is 7.73. The quantitative estimate of drug-likeness (QED) is 0.872. The Labute approximate surface area is 123 Å². The van der Waals surface area contributed by atoms with Crippen LogP contribution in [0.25, 0.3) is 0 Å². The van der Waals surface area contributed by atoms with Crippen molar-refractivity contribution in [1.29, 1.82) is 0 Å².